The van der Waals surface area contributed by atoms with Gasteiger partial charge in [-0.15, -0.1) is 0 Å². The van der Waals surface area contributed by atoms with Gasteiger partial charge in [0, 0.05) is 13.5 Å². The van der Waals surface area contributed by atoms with Crippen molar-refractivity contribution in [3.8, 4) is 5.75 Å². The van der Waals surface area contributed by atoms with E-state index in [2.05, 4.69) is 0 Å². The van der Waals surface area contributed by atoms with Crippen LogP contribution in [0.25, 0.3) is 0 Å². The molecule has 0 aliphatic heterocycles. The van der Waals surface area contributed by atoms with Crippen molar-refractivity contribution >= 4 is 5.78 Å². The Hall–Kier alpha value is -1.35. The van der Waals surface area contributed by atoms with Crippen molar-refractivity contribution in [2.75, 3.05) is 13.7 Å². The average molecular weight is 180 g/mol. The van der Waals surface area contributed by atoms with E-state index in [1.165, 1.54) is 7.11 Å². The standard InChI is InChI=1S/C10H12O3/c1-13-7-10(12)6-8-2-4-9(11)5-3-8/h2-5,11H,6-7H2,1H3. The predicted octanol–water partition coefficient (Wildman–Crippen LogP) is 1.15. The van der Waals surface area contributed by atoms with Crippen LogP contribution in [0.1, 0.15) is 5.56 Å². The lowest BCUT2D eigenvalue weighted by Gasteiger charge is -2.00. The molecule has 1 rings (SSSR count). The summed E-state index contributed by atoms with van der Waals surface area (Å²) in [6.45, 7) is 0.140. The molecule has 0 bridgehead atoms. The molecule has 0 spiro atoms. The van der Waals surface area contributed by atoms with Crippen LogP contribution in [0.15, 0.2) is 24.3 Å². The summed E-state index contributed by atoms with van der Waals surface area (Å²) in [6.07, 6.45) is 0.355. The van der Waals surface area contributed by atoms with Crippen LogP contribution in [0.5, 0.6) is 5.75 Å². The van der Waals surface area contributed by atoms with E-state index >= 15 is 0 Å². The van der Waals surface area contributed by atoms with Crippen LogP contribution in [0.3, 0.4) is 0 Å². The molecule has 0 aromatic heterocycles. The highest BCUT2D eigenvalue weighted by Gasteiger charge is 2.02. The first-order valence-electron chi connectivity index (χ1n) is 4.01. The van der Waals surface area contributed by atoms with Gasteiger partial charge < -0.3 is 9.84 Å². The van der Waals surface area contributed by atoms with Crippen molar-refractivity contribution in [1.82, 2.24) is 0 Å². The number of hydrogen-bond acceptors (Lipinski definition) is 3. The van der Waals surface area contributed by atoms with E-state index in [1.54, 1.807) is 24.3 Å². The molecule has 0 aliphatic carbocycles. The molecular weight excluding hydrogens is 168 g/mol. The quantitative estimate of drug-likeness (QED) is 0.756. The van der Waals surface area contributed by atoms with Gasteiger partial charge in [-0.05, 0) is 17.7 Å². The van der Waals surface area contributed by atoms with Gasteiger partial charge in [0.15, 0.2) is 5.78 Å². The maximum Gasteiger partial charge on any atom is 0.162 e. The lowest BCUT2D eigenvalue weighted by atomic mass is 10.1. The van der Waals surface area contributed by atoms with Crippen molar-refractivity contribution in [3.05, 3.63) is 29.8 Å². The smallest absolute Gasteiger partial charge is 0.162 e. The molecule has 3 heteroatoms. The highest BCUT2D eigenvalue weighted by atomic mass is 16.5. The molecule has 0 saturated heterocycles. The molecule has 0 radical (unpaired) electrons. The Morgan fingerprint density at radius 1 is 1.38 bits per heavy atom. The number of methoxy groups -OCH3 is 1. The van der Waals surface area contributed by atoms with Crippen LogP contribution in [-0.4, -0.2) is 24.6 Å². The summed E-state index contributed by atoms with van der Waals surface area (Å²) in [6, 6.07) is 6.58. The molecule has 3 nitrogen and oxygen atoms in total. The van der Waals surface area contributed by atoms with Crippen LogP contribution < -0.4 is 0 Å². The Bertz CT molecular complexity index is 277. The number of aromatic hydroxyl groups is 1. The number of phenolic OH excluding ortho intramolecular Hbond substituents is 1. The Morgan fingerprint density at radius 3 is 2.54 bits per heavy atom. The van der Waals surface area contributed by atoms with E-state index in [9.17, 15) is 4.79 Å². The summed E-state index contributed by atoms with van der Waals surface area (Å²) in [4.78, 5) is 11.1. The van der Waals surface area contributed by atoms with Gasteiger partial charge in [0.2, 0.25) is 0 Å². The molecular formula is C10H12O3. The third kappa shape index (κ3) is 3.25. The van der Waals surface area contributed by atoms with Crippen LogP contribution in [0.4, 0.5) is 0 Å². The summed E-state index contributed by atoms with van der Waals surface area (Å²) in [5.41, 5.74) is 0.889. The second kappa shape index (κ2) is 4.62. The second-order valence-electron chi connectivity index (χ2n) is 2.81. The van der Waals surface area contributed by atoms with Crippen LogP contribution in [-0.2, 0) is 16.0 Å². The van der Waals surface area contributed by atoms with Gasteiger partial charge in [0.05, 0.1) is 0 Å². The first-order chi connectivity index (χ1) is 6.22. The zero-order valence-electron chi connectivity index (χ0n) is 7.49. The number of hydrogen-bond donors (Lipinski definition) is 1. The summed E-state index contributed by atoms with van der Waals surface area (Å²) >= 11 is 0. The number of carbonyl (C=O) groups is 1. The highest BCUT2D eigenvalue weighted by Crippen LogP contribution is 2.10. The molecule has 0 amide bonds. The number of ether oxygens (including phenoxy) is 1. The Balaban J connectivity index is 2.54. The fourth-order valence-electron chi connectivity index (χ4n) is 1.05. The third-order valence-electron chi connectivity index (χ3n) is 1.64. The monoisotopic (exact) mass is 180 g/mol. The maximum atomic E-state index is 11.1. The Labute approximate surface area is 77.0 Å². The maximum absolute atomic E-state index is 11.1. The summed E-state index contributed by atoms with van der Waals surface area (Å²) < 4.78 is 4.70. The minimum atomic E-state index is 0.0354. The topological polar surface area (TPSA) is 46.5 Å². The number of benzene rings is 1. The molecule has 0 aliphatic rings. The summed E-state index contributed by atoms with van der Waals surface area (Å²) in [5, 5.41) is 8.98. The van der Waals surface area contributed by atoms with Gasteiger partial charge in [-0.1, -0.05) is 12.1 Å². The minimum absolute atomic E-state index is 0.0354. The molecule has 0 saturated carbocycles. The number of carbonyl (C=O) groups excluding carboxylic acids is 1. The van der Waals surface area contributed by atoms with Gasteiger partial charge in [-0.2, -0.15) is 0 Å². The number of Topliss-reactive ketones (excluding diaryl/α,β-unsaturated/α-hetero) is 1. The van der Waals surface area contributed by atoms with E-state index in [1.807, 2.05) is 0 Å². The lowest BCUT2D eigenvalue weighted by Crippen LogP contribution is -2.09. The average Bonchev–Trinajstić information content (AvgIpc) is 2.09. The zero-order valence-corrected chi connectivity index (χ0v) is 7.49. The normalized spacial score (nSPS) is 9.92. The molecule has 0 fully saturated rings. The van der Waals surface area contributed by atoms with Gasteiger partial charge >= 0.3 is 0 Å². The third-order valence-corrected chi connectivity index (χ3v) is 1.64. The van der Waals surface area contributed by atoms with Gasteiger partial charge in [0.25, 0.3) is 0 Å². The molecule has 13 heavy (non-hydrogen) atoms. The highest BCUT2D eigenvalue weighted by molar-refractivity contribution is 5.82. The van der Waals surface area contributed by atoms with Crippen LogP contribution >= 0.6 is 0 Å². The predicted molar refractivity (Wildman–Crippen MR) is 48.7 cm³/mol. The largest absolute Gasteiger partial charge is 0.508 e. The van der Waals surface area contributed by atoms with Gasteiger partial charge in [0.1, 0.15) is 12.4 Å². The van der Waals surface area contributed by atoms with Crippen molar-refractivity contribution in [1.29, 1.82) is 0 Å². The zero-order chi connectivity index (χ0) is 9.68. The van der Waals surface area contributed by atoms with Gasteiger partial charge in [-0.25, -0.2) is 0 Å². The van der Waals surface area contributed by atoms with Crippen molar-refractivity contribution in [2.45, 2.75) is 6.42 Å². The van der Waals surface area contributed by atoms with E-state index in [4.69, 9.17) is 9.84 Å². The van der Waals surface area contributed by atoms with E-state index in [0.717, 1.165) is 5.56 Å². The van der Waals surface area contributed by atoms with Crippen LogP contribution in [0.2, 0.25) is 0 Å². The summed E-state index contributed by atoms with van der Waals surface area (Å²) in [5.74, 6) is 0.246. The van der Waals surface area contributed by atoms with E-state index < -0.39 is 0 Å². The Morgan fingerprint density at radius 2 is 2.00 bits per heavy atom. The van der Waals surface area contributed by atoms with E-state index in [0.29, 0.717) is 6.42 Å². The number of phenols is 1. The van der Waals surface area contributed by atoms with Crippen molar-refractivity contribution in [3.63, 3.8) is 0 Å². The molecule has 0 atom stereocenters. The SMILES string of the molecule is COCC(=O)Cc1ccc(O)cc1. The van der Waals surface area contributed by atoms with Crippen molar-refractivity contribution in [2.24, 2.45) is 0 Å². The lowest BCUT2D eigenvalue weighted by molar-refractivity contribution is -0.121. The first-order valence-corrected chi connectivity index (χ1v) is 4.01. The van der Waals surface area contributed by atoms with E-state index in [-0.39, 0.29) is 18.1 Å². The fraction of sp³-hybridized carbons (Fsp3) is 0.300. The minimum Gasteiger partial charge on any atom is -0.508 e. The first kappa shape index (κ1) is 9.74. The molecule has 0 heterocycles. The molecule has 1 aromatic carbocycles. The molecule has 1 N–H and O–H groups in total. The second-order valence-corrected chi connectivity index (χ2v) is 2.81. The van der Waals surface area contributed by atoms with Gasteiger partial charge in [-0.3, -0.25) is 4.79 Å². The number of rotatable bonds is 4. The molecule has 1 aromatic rings. The van der Waals surface area contributed by atoms with Crippen LogP contribution in [0, 0.1) is 0 Å². The fourth-order valence-corrected chi connectivity index (χ4v) is 1.05. The van der Waals surface area contributed by atoms with Crippen molar-refractivity contribution < 1.29 is 14.6 Å². The summed E-state index contributed by atoms with van der Waals surface area (Å²) in [7, 11) is 1.49. The molecule has 70 valence electrons. The molecule has 0 unspecified atom stereocenters. The number of ketones is 1. The Kier molecular flexibility index (Phi) is 3.46.